The molecule has 1 atom stereocenters. The third-order valence-corrected chi connectivity index (χ3v) is 10.3. The van der Waals surface area contributed by atoms with E-state index in [1.165, 1.54) is 72.4 Å². The number of aryl methyl sites for hydroxylation is 1. The van der Waals surface area contributed by atoms with Gasteiger partial charge in [-0.25, -0.2) is 0 Å². The number of fused-ring (bicyclic) bond motifs is 6. The smallest absolute Gasteiger partial charge is 0.0582 e. The zero-order valence-electron chi connectivity index (χ0n) is 25.9. The third kappa shape index (κ3) is 4.02. The molecule has 0 radical (unpaired) electrons. The van der Waals surface area contributed by atoms with E-state index in [-0.39, 0.29) is 5.41 Å². The molecule has 218 valence electrons. The SMILES string of the molecule is CC1(C)c2ccccc2-n2c3ccc(N(c4ccc(C5C=CC=CC5)cc4)c4ccc5c(c4)CCC=C5)cc3c3cccc1c32. The van der Waals surface area contributed by atoms with Crippen molar-refractivity contribution < 1.29 is 0 Å². The van der Waals surface area contributed by atoms with Crippen LogP contribution in [0.15, 0.2) is 134 Å². The topological polar surface area (TPSA) is 8.17 Å². The maximum absolute atomic E-state index is 2.50. The molecule has 6 aromatic rings. The number of para-hydroxylation sites is 2. The highest BCUT2D eigenvalue weighted by atomic mass is 15.1. The van der Waals surface area contributed by atoms with E-state index in [9.17, 15) is 0 Å². The Bertz CT molecular complexity index is 2220. The molecular weight excluding hydrogens is 544 g/mol. The van der Waals surface area contributed by atoms with Crippen molar-refractivity contribution in [2.24, 2.45) is 0 Å². The number of hydrogen-bond donors (Lipinski definition) is 0. The van der Waals surface area contributed by atoms with Crippen LogP contribution in [0.1, 0.15) is 60.4 Å². The molecule has 1 unspecified atom stereocenters. The van der Waals surface area contributed by atoms with Gasteiger partial charge in [-0.05, 0) is 95.6 Å². The van der Waals surface area contributed by atoms with Crippen molar-refractivity contribution in [1.29, 1.82) is 0 Å². The van der Waals surface area contributed by atoms with Gasteiger partial charge in [-0.2, -0.15) is 0 Å². The summed E-state index contributed by atoms with van der Waals surface area (Å²) in [4.78, 5) is 2.45. The molecule has 5 aromatic carbocycles. The molecule has 1 aromatic heterocycles. The lowest BCUT2D eigenvalue weighted by molar-refractivity contribution is 0.630. The molecule has 2 heterocycles. The molecule has 0 fully saturated rings. The zero-order chi connectivity index (χ0) is 30.1. The summed E-state index contributed by atoms with van der Waals surface area (Å²) in [5.41, 5.74) is 14.2. The molecule has 0 bridgehead atoms. The molecule has 2 aliphatic carbocycles. The number of nitrogens with zero attached hydrogens (tertiary/aromatic N) is 2. The Morgan fingerprint density at radius 2 is 1.51 bits per heavy atom. The maximum Gasteiger partial charge on any atom is 0.0582 e. The number of anilines is 3. The Morgan fingerprint density at radius 1 is 0.711 bits per heavy atom. The Balaban J connectivity index is 1.25. The highest BCUT2D eigenvalue weighted by molar-refractivity contribution is 6.12. The number of rotatable bonds is 4. The summed E-state index contributed by atoms with van der Waals surface area (Å²) in [5, 5.41) is 2.61. The summed E-state index contributed by atoms with van der Waals surface area (Å²) in [6, 6.07) is 39.1. The highest BCUT2D eigenvalue weighted by Crippen LogP contribution is 2.48. The molecule has 9 rings (SSSR count). The van der Waals surface area contributed by atoms with Gasteiger partial charge in [0.2, 0.25) is 0 Å². The van der Waals surface area contributed by atoms with Crippen LogP contribution in [-0.2, 0) is 11.8 Å². The molecule has 0 saturated heterocycles. The Labute approximate surface area is 265 Å². The Morgan fingerprint density at radius 3 is 2.38 bits per heavy atom. The lowest BCUT2D eigenvalue weighted by atomic mass is 9.75. The van der Waals surface area contributed by atoms with Crippen LogP contribution in [0.3, 0.4) is 0 Å². The standard InChI is InChI=1S/C43H36N2/c1-43(2)38-16-8-9-18-41(38)45-40-26-25-35(28-37(40)36-15-10-17-39(43)42(36)45)44(34-24-21-30-13-6-7-14-32(30)27-34)33-22-19-31(20-23-33)29-11-4-3-5-12-29/h3-6,8-11,13,15-29H,7,12,14H2,1-2H3. The molecular formula is C43H36N2. The molecule has 2 nitrogen and oxygen atoms in total. The summed E-state index contributed by atoms with van der Waals surface area (Å²) in [6.45, 7) is 4.73. The van der Waals surface area contributed by atoms with Crippen molar-refractivity contribution in [2.45, 2.75) is 44.4 Å². The Kier molecular flexibility index (Phi) is 5.83. The fourth-order valence-corrected chi connectivity index (χ4v) is 8.00. The molecule has 3 aliphatic rings. The van der Waals surface area contributed by atoms with Gasteiger partial charge in [0.15, 0.2) is 0 Å². The quantitative estimate of drug-likeness (QED) is 0.201. The van der Waals surface area contributed by atoms with E-state index in [4.69, 9.17) is 0 Å². The number of allylic oxidation sites excluding steroid dienone is 5. The van der Waals surface area contributed by atoms with Crippen LogP contribution >= 0.6 is 0 Å². The van der Waals surface area contributed by atoms with E-state index < -0.39 is 0 Å². The first kappa shape index (κ1) is 26.3. The van der Waals surface area contributed by atoms with Gasteiger partial charge in [0, 0.05) is 39.2 Å². The highest BCUT2D eigenvalue weighted by Gasteiger charge is 2.34. The summed E-state index contributed by atoms with van der Waals surface area (Å²) in [6.07, 6.45) is 16.7. The first-order chi connectivity index (χ1) is 22.1. The van der Waals surface area contributed by atoms with E-state index in [0.717, 1.165) is 19.3 Å². The van der Waals surface area contributed by atoms with Crippen molar-refractivity contribution in [3.63, 3.8) is 0 Å². The summed E-state index contributed by atoms with van der Waals surface area (Å²) < 4.78 is 2.50. The molecule has 0 saturated carbocycles. The molecule has 0 amide bonds. The molecule has 0 N–H and O–H groups in total. The third-order valence-electron chi connectivity index (χ3n) is 10.3. The van der Waals surface area contributed by atoms with Gasteiger partial charge >= 0.3 is 0 Å². The zero-order valence-corrected chi connectivity index (χ0v) is 25.9. The normalized spacial score (nSPS) is 17.4. The van der Waals surface area contributed by atoms with E-state index in [0.29, 0.717) is 5.92 Å². The average molecular weight is 581 g/mol. The summed E-state index contributed by atoms with van der Waals surface area (Å²) >= 11 is 0. The number of hydrogen-bond acceptors (Lipinski definition) is 1. The van der Waals surface area contributed by atoms with E-state index in [2.05, 4.69) is 163 Å². The van der Waals surface area contributed by atoms with Crippen LogP contribution in [0.25, 0.3) is 33.6 Å². The monoisotopic (exact) mass is 580 g/mol. The summed E-state index contributed by atoms with van der Waals surface area (Å²) in [7, 11) is 0. The van der Waals surface area contributed by atoms with E-state index >= 15 is 0 Å². The first-order valence-electron chi connectivity index (χ1n) is 16.3. The largest absolute Gasteiger partial charge is 0.310 e. The van der Waals surface area contributed by atoms with Gasteiger partial charge in [-0.15, -0.1) is 0 Å². The van der Waals surface area contributed by atoms with Crippen molar-refractivity contribution in [3.8, 4) is 5.69 Å². The maximum atomic E-state index is 2.50. The fourth-order valence-electron chi connectivity index (χ4n) is 8.00. The first-order valence-corrected chi connectivity index (χ1v) is 16.3. The van der Waals surface area contributed by atoms with Gasteiger partial charge in [-0.1, -0.05) is 105 Å². The van der Waals surface area contributed by atoms with Crippen LogP contribution in [0.5, 0.6) is 0 Å². The fraction of sp³-hybridized carbons (Fsp3) is 0.163. The average Bonchev–Trinajstić information content (AvgIpc) is 3.42. The van der Waals surface area contributed by atoms with Crippen molar-refractivity contribution in [2.75, 3.05) is 4.90 Å². The van der Waals surface area contributed by atoms with Crippen LogP contribution in [0.2, 0.25) is 0 Å². The molecule has 0 spiro atoms. The van der Waals surface area contributed by atoms with Crippen molar-refractivity contribution in [3.05, 3.63) is 161 Å². The number of aromatic nitrogens is 1. The van der Waals surface area contributed by atoms with E-state index in [1.54, 1.807) is 0 Å². The van der Waals surface area contributed by atoms with Gasteiger partial charge in [0.25, 0.3) is 0 Å². The minimum atomic E-state index is -0.0714. The number of benzene rings is 5. The van der Waals surface area contributed by atoms with Crippen molar-refractivity contribution in [1.82, 2.24) is 4.57 Å². The predicted octanol–water partition coefficient (Wildman–Crippen LogP) is 11.5. The minimum absolute atomic E-state index is 0.0714. The van der Waals surface area contributed by atoms with Crippen LogP contribution in [-0.4, -0.2) is 4.57 Å². The van der Waals surface area contributed by atoms with Gasteiger partial charge in [0.1, 0.15) is 0 Å². The molecule has 45 heavy (non-hydrogen) atoms. The lowest BCUT2D eigenvalue weighted by Gasteiger charge is -2.34. The summed E-state index contributed by atoms with van der Waals surface area (Å²) in [5.74, 6) is 0.436. The lowest BCUT2D eigenvalue weighted by Crippen LogP contribution is -2.26. The van der Waals surface area contributed by atoms with E-state index in [1.807, 2.05) is 0 Å². The Hall–Kier alpha value is -5.08. The molecule has 2 heteroatoms. The van der Waals surface area contributed by atoms with Crippen LogP contribution in [0.4, 0.5) is 17.1 Å². The second-order valence-electron chi connectivity index (χ2n) is 13.3. The van der Waals surface area contributed by atoms with Gasteiger partial charge < -0.3 is 9.47 Å². The minimum Gasteiger partial charge on any atom is -0.310 e. The van der Waals surface area contributed by atoms with Gasteiger partial charge in [0.05, 0.1) is 16.7 Å². The van der Waals surface area contributed by atoms with Crippen molar-refractivity contribution >= 4 is 44.9 Å². The molecule has 1 aliphatic heterocycles. The predicted molar refractivity (Wildman–Crippen MR) is 191 cm³/mol. The van der Waals surface area contributed by atoms with Crippen LogP contribution in [0, 0.1) is 0 Å². The van der Waals surface area contributed by atoms with Gasteiger partial charge in [-0.3, -0.25) is 0 Å². The van der Waals surface area contributed by atoms with Crippen LogP contribution < -0.4 is 4.90 Å². The second-order valence-corrected chi connectivity index (χ2v) is 13.3. The second kappa shape index (κ2) is 9.97.